The van der Waals surface area contributed by atoms with Crippen LogP contribution in [-0.4, -0.2) is 79.8 Å². The Labute approximate surface area is 223 Å². The van der Waals surface area contributed by atoms with Crippen LogP contribution in [0.15, 0.2) is 54.7 Å². The molecule has 0 spiro atoms. The second-order valence-electron chi connectivity index (χ2n) is 9.85. The summed E-state index contributed by atoms with van der Waals surface area (Å²) >= 11 is 0. The number of hydrogen-bond acceptors (Lipinski definition) is 5. The number of ether oxygens (including phenoxy) is 2. The van der Waals surface area contributed by atoms with Crippen molar-refractivity contribution in [3.05, 3.63) is 77.0 Å². The lowest BCUT2D eigenvalue weighted by molar-refractivity contribution is -0.134. The highest BCUT2D eigenvalue weighted by Crippen LogP contribution is 2.36. The molecule has 3 aromatic rings. The zero-order chi connectivity index (χ0) is 26.3. The number of amides is 2. The van der Waals surface area contributed by atoms with Crippen LogP contribution in [0.4, 0.5) is 4.79 Å². The van der Waals surface area contributed by atoms with E-state index in [1.165, 1.54) is 35.3 Å². The predicted molar refractivity (Wildman–Crippen MR) is 148 cm³/mol. The van der Waals surface area contributed by atoms with Crippen molar-refractivity contribution in [3.63, 3.8) is 0 Å². The monoisotopic (exact) mass is 516 g/mol. The maximum Gasteiger partial charge on any atom is 0.330 e. The number of methoxy groups -OCH3 is 1. The maximum absolute atomic E-state index is 12.7. The average molecular weight is 517 g/mol. The van der Waals surface area contributed by atoms with Gasteiger partial charge in [-0.25, -0.2) is 9.59 Å². The van der Waals surface area contributed by atoms with Crippen molar-refractivity contribution in [1.29, 1.82) is 0 Å². The fraction of sp³-hybridized carbons (Fsp3) is 0.400. The smallest absolute Gasteiger partial charge is 0.330 e. The molecule has 1 aliphatic heterocycles. The Bertz CT molecular complexity index is 1290. The number of benzene rings is 2. The van der Waals surface area contributed by atoms with Crippen molar-refractivity contribution >= 4 is 29.0 Å². The minimum Gasteiger partial charge on any atom is -0.466 e. The highest BCUT2D eigenvalue weighted by molar-refractivity contribution is 5.87. The number of nitrogens with zero attached hydrogens (tertiary/aromatic N) is 2. The van der Waals surface area contributed by atoms with Gasteiger partial charge >= 0.3 is 12.0 Å². The maximum atomic E-state index is 12.7. The van der Waals surface area contributed by atoms with E-state index in [4.69, 9.17) is 9.47 Å². The first-order valence-corrected chi connectivity index (χ1v) is 13.4. The lowest BCUT2D eigenvalue weighted by Gasteiger charge is -2.31. The van der Waals surface area contributed by atoms with Gasteiger partial charge in [-0.1, -0.05) is 36.4 Å². The zero-order valence-electron chi connectivity index (χ0n) is 21.9. The van der Waals surface area contributed by atoms with E-state index in [-0.39, 0.29) is 18.0 Å². The van der Waals surface area contributed by atoms with Crippen molar-refractivity contribution in [2.24, 2.45) is 0 Å². The van der Waals surface area contributed by atoms with Crippen LogP contribution in [0.2, 0.25) is 0 Å². The van der Waals surface area contributed by atoms with Gasteiger partial charge in [0.25, 0.3) is 0 Å². The molecular formula is C30H36N4O4. The molecular weight excluding hydrogens is 480 g/mol. The fourth-order valence-electron chi connectivity index (χ4n) is 5.54. The first-order chi connectivity index (χ1) is 18.6. The van der Waals surface area contributed by atoms with Crippen LogP contribution in [0.1, 0.15) is 34.7 Å². The molecule has 8 nitrogen and oxygen atoms in total. The number of urea groups is 1. The Kier molecular flexibility index (Phi) is 8.41. The summed E-state index contributed by atoms with van der Waals surface area (Å²) in [7, 11) is 1.38. The zero-order valence-corrected chi connectivity index (χ0v) is 21.9. The molecule has 1 aliphatic carbocycles. The van der Waals surface area contributed by atoms with Gasteiger partial charge in [-0.3, -0.25) is 4.90 Å². The van der Waals surface area contributed by atoms with Gasteiger partial charge < -0.3 is 24.7 Å². The van der Waals surface area contributed by atoms with Gasteiger partial charge in [0.2, 0.25) is 0 Å². The standard InChI is InChI=1S/C30H36N4O4/c1-37-29(35)11-7-22-6-9-26-23(20-22)8-10-28(26)33(15-13-31-30(36)34-16-18-38-19-17-34)14-12-24-21-32-27-5-3-2-4-25(24)27/h2-7,9,11,20-21,28,32H,8,10,12-19H2,1H3,(H,31,36). The normalized spacial score (nSPS) is 17.3. The predicted octanol–water partition coefficient (Wildman–Crippen LogP) is 3.93. The Morgan fingerprint density at radius 1 is 1.18 bits per heavy atom. The molecule has 0 bridgehead atoms. The molecule has 2 amide bonds. The fourth-order valence-corrected chi connectivity index (χ4v) is 5.54. The topological polar surface area (TPSA) is 86.9 Å². The van der Waals surface area contributed by atoms with E-state index in [1.54, 1.807) is 6.08 Å². The Balaban J connectivity index is 1.29. The number of morpholine rings is 1. The van der Waals surface area contributed by atoms with E-state index in [0.717, 1.165) is 43.4 Å². The van der Waals surface area contributed by atoms with E-state index in [0.29, 0.717) is 32.8 Å². The summed E-state index contributed by atoms with van der Waals surface area (Å²) in [5.74, 6) is -0.356. The van der Waals surface area contributed by atoms with E-state index < -0.39 is 0 Å². The summed E-state index contributed by atoms with van der Waals surface area (Å²) < 4.78 is 10.1. The van der Waals surface area contributed by atoms with Gasteiger partial charge in [0.05, 0.1) is 20.3 Å². The van der Waals surface area contributed by atoms with Gasteiger partial charge in [-0.05, 0) is 53.7 Å². The number of fused-ring (bicyclic) bond motifs is 2. The number of para-hydroxylation sites is 1. The Hall–Kier alpha value is -3.62. The van der Waals surface area contributed by atoms with Gasteiger partial charge in [-0.15, -0.1) is 0 Å². The van der Waals surface area contributed by atoms with Crippen LogP contribution in [0.3, 0.4) is 0 Å². The van der Waals surface area contributed by atoms with Crippen molar-refractivity contribution in [2.45, 2.75) is 25.3 Å². The molecule has 5 rings (SSSR count). The van der Waals surface area contributed by atoms with Gasteiger partial charge in [0, 0.05) is 61.9 Å². The molecule has 38 heavy (non-hydrogen) atoms. The molecule has 2 aromatic carbocycles. The SMILES string of the molecule is COC(=O)C=Cc1ccc2c(c1)CCC2N(CCNC(=O)N1CCOCC1)CCc1c[nH]c2ccccc12. The molecule has 2 aliphatic rings. The summed E-state index contributed by atoms with van der Waals surface area (Å²) in [5, 5.41) is 4.39. The molecule has 2 N–H and O–H groups in total. The molecule has 8 heteroatoms. The largest absolute Gasteiger partial charge is 0.466 e. The highest BCUT2D eigenvalue weighted by Gasteiger charge is 2.28. The van der Waals surface area contributed by atoms with Crippen LogP contribution >= 0.6 is 0 Å². The van der Waals surface area contributed by atoms with Crippen LogP contribution in [0.25, 0.3) is 17.0 Å². The molecule has 1 aromatic heterocycles. The van der Waals surface area contributed by atoms with Gasteiger partial charge in [-0.2, -0.15) is 0 Å². The van der Waals surface area contributed by atoms with Gasteiger partial charge in [0.1, 0.15) is 0 Å². The molecule has 1 unspecified atom stereocenters. The molecule has 1 fully saturated rings. The summed E-state index contributed by atoms with van der Waals surface area (Å²) in [6.45, 7) is 4.73. The number of hydrogen-bond donors (Lipinski definition) is 2. The molecule has 1 saturated heterocycles. The summed E-state index contributed by atoms with van der Waals surface area (Å²) in [6, 6.07) is 15.1. The second kappa shape index (κ2) is 12.3. The third-order valence-electron chi connectivity index (χ3n) is 7.58. The van der Waals surface area contributed by atoms with E-state index in [2.05, 4.69) is 63.9 Å². The van der Waals surface area contributed by atoms with Crippen LogP contribution in [0, 0.1) is 0 Å². The molecule has 200 valence electrons. The number of aromatic amines is 1. The first kappa shape index (κ1) is 26.0. The van der Waals surface area contributed by atoms with Crippen molar-refractivity contribution in [2.75, 3.05) is 53.0 Å². The second-order valence-corrected chi connectivity index (χ2v) is 9.85. The summed E-state index contributed by atoms with van der Waals surface area (Å²) in [6.07, 6.45) is 8.32. The number of esters is 1. The number of carbonyl (C=O) groups is 2. The van der Waals surface area contributed by atoms with Crippen LogP contribution in [0.5, 0.6) is 0 Å². The van der Waals surface area contributed by atoms with E-state index >= 15 is 0 Å². The quantitative estimate of drug-likeness (QED) is 0.333. The molecule has 0 radical (unpaired) electrons. The average Bonchev–Trinajstić information content (AvgIpc) is 3.58. The van der Waals surface area contributed by atoms with Crippen molar-refractivity contribution in [3.8, 4) is 0 Å². The number of aryl methyl sites for hydroxylation is 1. The minimum absolute atomic E-state index is 0.0151. The van der Waals surface area contributed by atoms with Crippen LogP contribution < -0.4 is 5.32 Å². The number of nitrogens with one attached hydrogen (secondary N) is 2. The lowest BCUT2D eigenvalue weighted by Crippen LogP contribution is -2.48. The Morgan fingerprint density at radius 2 is 2.03 bits per heavy atom. The summed E-state index contributed by atoms with van der Waals surface area (Å²) in [4.78, 5) is 31.9. The number of carbonyl (C=O) groups excluding carboxylic acids is 2. The first-order valence-electron chi connectivity index (χ1n) is 13.4. The van der Waals surface area contributed by atoms with Gasteiger partial charge in [0.15, 0.2) is 0 Å². The number of H-pyrrole nitrogens is 1. The Morgan fingerprint density at radius 3 is 2.87 bits per heavy atom. The number of rotatable bonds is 9. The van der Waals surface area contributed by atoms with E-state index in [1.807, 2.05) is 4.90 Å². The lowest BCUT2D eigenvalue weighted by atomic mass is 10.0. The van der Waals surface area contributed by atoms with Crippen molar-refractivity contribution < 1.29 is 19.1 Å². The number of aromatic nitrogens is 1. The molecule has 1 atom stereocenters. The molecule has 0 saturated carbocycles. The highest BCUT2D eigenvalue weighted by atomic mass is 16.5. The van der Waals surface area contributed by atoms with E-state index in [9.17, 15) is 9.59 Å². The third kappa shape index (κ3) is 6.09. The molecule has 2 heterocycles. The minimum atomic E-state index is -0.356. The van der Waals surface area contributed by atoms with Crippen molar-refractivity contribution in [1.82, 2.24) is 20.1 Å². The summed E-state index contributed by atoms with van der Waals surface area (Å²) in [5.41, 5.74) is 6.11. The third-order valence-corrected chi connectivity index (χ3v) is 7.58. The van der Waals surface area contributed by atoms with Crippen LogP contribution in [-0.2, 0) is 27.1 Å².